The molecule has 1 aliphatic rings. The molecule has 1 saturated carbocycles. The van der Waals surface area contributed by atoms with Crippen molar-refractivity contribution >= 4 is 40.6 Å². The van der Waals surface area contributed by atoms with E-state index in [9.17, 15) is 9.59 Å². The number of pyridine rings is 2. The van der Waals surface area contributed by atoms with Crippen LogP contribution in [-0.4, -0.2) is 21.8 Å². The first-order valence-corrected chi connectivity index (χ1v) is 10.1. The smallest absolute Gasteiger partial charge is 0.229 e. The maximum absolute atomic E-state index is 12.5. The zero-order valence-corrected chi connectivity index (χ0v) is 17.3. The van der Waals surface area contributed by atoms with Gasteiger partial charge in [-0.3, -0.25) is 19.5 Å². The molecule has 0 unspecified atom stereocenters. The number of anilines is 3. The molecule has 3 aromatic rings. The Labute approximate surface area is 179 Å². The summed E-state index contributed by atoms with van der Waals surface area (Å²) in [4.78, 5) is 35.2. The number of hydrogen-bond acceptors (Lipinski definition) is 4. The van der Waals surface area contributed by atoms with Gasteiger partial charge in [0.05, 0.1) is 12.1 Å². The van der Waals surface area contributed by atoms with Gasteiger partial charge in [-0.25, -0.2) is 4.98 Å². The molecule has 2 heterocycles. The number of amides is 2. The van der Waals surface area contributed by atoms with Crippen LogP contribution in [0, 0.1) is 0 Å². The molecule has 1 aromatic carbocycles. The van der Waals surface area contributed by atoms with Crippen LogP contribution >= 0.6 is 11.6 Å². The molecule has 1 fully saturated rings. The van der Waals surface area contributed by atoms with Gasteiger partial charge in [-0.05, 0) is 42.7 Å². The summed E-state index contributed by atoms with van der Waals surface area (Å²) < 4.78 is 0. The van der Waals surface area contributed by atoms with Crippen molar-refractivity contribution in [2.75, 3.05) is 10.2 Å². The van der Waals surface area contributed by atoms with E-state index >= 15 is 0 Å². The lowest BCUT2D eigenvalue weighted by atomic mass is 10.1. The molecule has 0 saturated heterocycles. The molecule has 7 heteroatoms. The lowest BCUT2D eigenvalue weighted by Gasteiger charge is -2.21. The number of nitrogens with one attached hydrogen (secondary N) is 1. The molecule has 0 atom stereocenters. The van der Waals surface area contributed by atoms with E-state index in [2.05, 4.69) is 15.3 Å². The maximum Gasteiger partial charge on any atom is 0.229 e. The number of benzene rings is 1. The van der Waals surface area contributed by atoms with Crippen molar-refractivity contribution in [3.05, 3.63) is 77.2 Å². The van der Waals surface area contributed by atoms with Gasteiger partial charge in [-0.1, -0.05) is 29.8 Å². The largest absolute Gasteiger partial charge is 0.326 e. The van der Waals surface area contributed by atoms with E-state index in [1.54, 1.807) is 36.7 Å². The third-order valence-corrected chi connectivity index (χ3v) is 5.27. The van der Waals surface area contributed by atoms with Crippen LogP contribution in [0.4, 0.5) is 17.2 Å². The summed E-state index contributed by atoms with van der Waals surface area (Å²) in [6.45, 7) is 1.49. The minimum atomic E-state index is -0.199. The number of nitrogens with zero attached hydrogens (tertiary/aromatic N) is 3. The highest BCUT2D eigenvalue weighted by Gasteiger charge is 2.26. The predicted molar refractivity (Wildman–Crippen MR) is 117 cm³/mol. The Morgan fingerprint density at radius 3 is 2.60 bits per heavy atom. The Morgan fingerprint density at radius 1 is 1.10 bits per heavy atom. The monoisotopic (exact) mass is 420 g/mol. The van der Waals surface area contributed by atoms with Gasteiger partial charge in [0.1, 0.15) is 5.82 Å². The lowest BCUT2D eigenvalue weighted by molar-refractivity contribution is -0.116. The van der Waals surface area contributed by atoms with Crippen LogP contribution in [0.1, 0.15) is 36.9 Å². The average Bonchev–Trinajstić information content (AvgIpc) is 3.56. The summed E-state index contributed by atoms with van der Waals surface area (Å²) in [6, 6.07) is 14.3. The first-order valence-electron chi connectivity index (χ1n) is 9.77. The first kappa shape index (κ1) is 20.0. The molecule has 1 aliphatic carbocycles. The average molecular weight is 421 g/mol. The summed E-state index contributed by atoms with van der Waals surface area (Å²) in [7, 11) is 0. The molecule has 30 heavy (non-hydrogen) atoms. The fourth-order valence-corrected chi connectivity index (χ4v) is 3.49. The number of rotatable bonds is 6. The Kier molecular flexibility index (Phi) is 5.77. The van der Waals surface area contributed by atoms with Crippen molar-refractivity contribution in [1.82, 2.24) is 9.97 Å². The SMILES string of the molecule is CC(=O)N(c1ccnc(C2CC2)c1)c1cc(NC(=O)Cc2ccccc2Cl)ccn1. The number of carbonyl (C=O) groups excluding carboxylic acids is 2. The second-order valence-corrected chi connectivity index (χ2v) is 7.69. The summed E-state index contributed by atoms with van der Waals surface area (Å²) in [5, 5.41) is 3.41. The number of hydrogen-bond donors (Lipinski definition) is 1. The molecule has 1 N–H and O–H groups in total. The zero-order valence-electron chi connectivity index (χ0n) is 16.5. The second-order valence-electron chi connectivity index (χ2n) is 7.29. The van der Waals surface area contributed by atoms with Crippen molar-refractivity contribution < 1.29 is 9.59 Å². The van der Waals surface area contributed by atoms with Gasteiger partial charge < -0.3 is 5.32 Å². The van der Waals surface area contributed by atoms with Crippen molar-refractivity contribution in [1.29, 1.82) is 0 Å². The number of carbonyl (C=O) groups is 2. The minimum absolute atomic E-state index is 0.156. The minimum Gasteiger partial charge on any atom is -0.326 e. The van der Waals surface area contributed by atoms with Gasteiger partial charge in [0.15, 0.2) is 0 Å². The van der Waals surface area contributed by atoms with E-state index in [1.807, 2.05) is 24.3 Å². The van der Waals surface area contributed by atoms with Crippen LogP contribution in [0.15, 0.2) is 60.9 Å². The molecule has 0 radical (unpaired) electrons. The highest BCUT2D eigenvalue weighted by atomic mass is 35.5. The van der Waals surface area contributed by atoms with E-state index in [-0.39, 0.29) is 18.2 Å². The molecule has 152 valence electrons. The zero-order chi connectivity index (χ0) is 21.1. The normalized spacial score (nSPS) is 13.0. The van der Waals surface area contributed by atoms with Gasteiger partial charge in [0, 0.05) is 47.7 Å². The van der Waals surface area contributed by atoms with Crippen LogP contribution in [0.3, 0.4) is 0 Å². The fourth-order valence-electron chi connectivity index (χ4n) is 3.29. The van der Waals surface area contributed by atoms with Gasteiger partial charge in [0.2, 0.25) is 11.8 Å². The van der Waals surface area contributed by atoms with Crippen LogP contribution in [0.5, 0.6) is 0 Å². The molecule has 2 aromatic heterocycles. The quantitative estimate of drug-likeness (QED) is 0.617. The molecule has 2 amide bonds. The summed E-state index contributed by atoms with van der Waals surface area (Å²) in [5.41, 5.74) is 3.01. The molecule has 0 bridgehead atoms. The van der Waals surface area contributed by atoms with Crippen molar-refractivity contribution in [2.45, 2.75) is 32.1 Å². The third-order valence-electron chi connectivity index (χ3n) is 4.90. The van der Waals surface area contributed by atoms with E-state index in [0.29, 0.717) is 28.1 Å². The van der Waals surface area contributed by atoms with Crippen molar-refractivity contribution in [2.24, 2.45) is 0 Å². The van der Waals surface area contributed by atoms with Gasteiger partial charge in [-0.15, -0.1) is 0 Å². The lowest BCUT2D eigenvalue weighted by Crippen LogP contribution is -2.24. The summed E-state index contributed by atoms with van der Waals surface area (Å²) in [5.74, 6) is 0.540. The van der Waals surface area contributed by atoms with E-state index in [1.165, 1.54) is 11.8 Å². The van der Waals surface area contributed by atoms with Gasteiger partial charge in [-0.2, -0.15) is 0 Å². The Bertz CT molecular complexity index is 1100. The first-order chi connectivity index (χ1) is 14.5. The number of halogens is 1. The Hall–Kier alpha value is -3.25. The van der Waals surface area contributed by atoms with E-state index in [4.69, 9.17) is 11.6 Å². The number of aromatic nitrogens is 2. The standard InChI is InChI=1S/C23H21ClN4O2/c1-15(29)28(19-9-11-25-21(14-19)16-6-7-16)22-13-18(8-10-26-22)27-23(30)12-17-4-2-3-5-20(17)24/h2-5,8-11,13-14,16H,6-7,12H2,1H3,(H,26,27,30). The molecule has 4 rings (SSSR count). The van der Waals surface area contributed by atoms with E-state index in [0.717, 1.165) is 24.1 Å². The van der Waals surface area contributed by atoms with E-state index < -0.39 is 0 Å². The van der Waals surface area contributed by atoms with Crippen LogP contribution in [0.25, 0.3) is 0 Å². The third kappa shape index (κ3) is 4.66. The molecule has 0 spiro atoms. The molecule has 6 nitrogen and oxygen atoms in total. The van der Waals surface area contributed by atoms with Crippen LogP contribution in [-0.2, 0) is 16.0 Å². The van der Waals surface area contributed by atoms with Crippen LogP contribution < -0.4 is 10.2 Å². The van der Waals surface area contributed by atoms with Crippen molar-refractivity contribution in [3.8, 4) is 0 Å². The van der Waals surface area contributed by atoms with Crippen LogP contribution in [0.2, 0.25) is 5.02 Å². The van der Waals surface area contributed by atoms with Gasteiger partial charge >= 0.3 is 0 Å². The predicted octanol–water partition coefficient (Wildman–Crippen LogP) is 4.87. The topological polar surface area (TPSA) is 75.2 Å². The highest BCUT2D eigenvalue weighted by molar-refractivity contribution is 6.31. The molecular weight excluding hydrogens is 400 g/mol. The second kappa shape index (κ2) is 8.63. The maximum atomic E-state index is 12.5. The summed E-state index contributed by atoms with van der Waals surface area (Å²) >= 11 is 6.14. The van der Waals surface area contributed by atoms with Gasteiger partial charge in [0.25, 0.3) is 0 Å². The Balaban J connectivity index is 1.55. The molecular formula is C23H21ClN4O2. The fraction of sp³-hybridized carbons (Fsp3) is 0.217. The van der Waals surface area contributed by atoms with Crippen molar-refractivity contribution in [3.63, 3.8) is 0 Å². The summed E-state index contributed by atoms with van der Waals surface area (Å²) in [6.07, 6.45) is 5.69. The Morgan fingerprint density at radius 2 is 1.87 bits per heavy atom. The molecule has 0 aliphatic heterocycles. The highest BCUT2D eigenvalue weighted by Crippen LogP contribution is 2.40.